The Morgan fingerprint density at radius 2 is 2.38 bits per heavy atom. The van der Waals surface area contributed by atoms with Gasteiger partial charge >= 0.3 is 5.97 Å². The Hall–Kier alpha value is -1.84. The second-order valence-electron chi connectivity index (χ2n) is 2.74. The summed E-state index contributed by atoms with van der Waals surface area (Å²) in [7, 11) is 0. The van der Waals surface area contributed by atoms with Crippen LogP contribution in [0.5, 0.6) is 0 Å². The summed E-state index contributed by atoms with van der Waals surface area (Å²) >= 11 is 0. The highest BCUT2D eigenvalue weighted by Gasteiger charge is 2.07. The topological polar surface area (TPSA) is 55.4 Å². The molecule has 0 spiro atoms. The molecule has 0 radical (unpaired) electrons. The van der Waals surface area contributed by atoms with Crippen LogP contribution in [0.3, 0.4) is 0 Å². The number of amides is 1. The zero-order valence-electron chi connectivity index (χ0n) is 15.6. The molecule has 0 aromatic heterocycles. The number of ether oxygens (including phenoxy) is 1. The largest absolute Gasteiger partial charge is 0.465 e. The van der Waals surface area contributed by atoms with Crippen LogP contribution in [0.25, 0.3) is 0 Å². The summed E-state index contributed by atoms with van der Waals surface area (Å²) in [5.74, 6) is -1.79. The zero-order valence-corrected chi connectivity index (χ0v) is 8.64. The quantitative estimate of drug-likeness (QED) is 0.790. The summed E-state index contributed by atoms with van der Waals surface area (Å²) < 4.78 is 57.3. The average molecular weight is 228 g/mol. The summed E-state index contributed by atoms with van der Waals surface area (Å²) in [5, 5.41) is 2.11. The predicted molar refractivity (Wildman–Crippen MR) is 60.1 cm³/mol. The Morgan fingerprint density at radius 1 is 1.56 bits per heavy atom. The number of carbonyl (C=O) groups is 2. The lowest BCUT2D eigenvalue weighted by Gasteiger charge is -2.05. The molecule has 1 amide bonds. The second-order valence-corrected chi connectivity index (χ2v) is 2.74. The van der Waals surface area contributed by atoms with E-state index < -0.39 is 60.6 Å². The summed E-state index contributed by atoms with van der Waals surface area (Å²) in [6, 6.07) is -3.12. The van der Waals surface area contributed by atoms with E-state index in [2.05, 4.69) is 10.1 Å². The average Bonchev–Trinajstić information content (AvgIpc) is 2.42. The van der Waals surface area contributed by atoms with E-state index in [1.165, 1.54) is 0 Å². The van der Waals surface area contributed by atoms with Crippen molar-refractivity contribution in [2.45, 2.75) is 13.8 Å². The van der Waals surface area contributed by atoms with Gasteiger partial charge in [-0.2, -0.15) is 0 Å². The van der Waals surface area contributed by atoms with E-state index in [0.29, 0.717) is 0 Å². The third-order valence-electron chi connectivity index (χ3n) is 1.55. The van der Waals surface area contributed by atoms with Crippen molar-refractivity contribution >= 4 is 11.9 Å². The third-order valence-corrected chi connectivity index (χ3v) is 1.55. The van der Waals surface area contributed by atoms with Gasteiger partial charge in [-0.15, -0.1) is 0 Å². The number of benzene rings is 1. The Morgan fingerprint density at radius 3 is 3.06 bits per heavy atom. The number of hydrogen-bond acceptors (Lipinski definition) is 3. The van der Waals surface area contributed by atoms with Gasteiger partial charge in [0.2, 0.25) is 0 Å². The number of nitrogens with one attached hydrogen (secondary N) is 1. The maximum Gasteiger partial charge on any atom is 0.325 e. The first-order valence-corrected chi connectivity index (χ1v) is 4.57. The highest BCUT2D eigenvalue weighted by atomic mass is 16.5. The minimum atomic E-state index is -2.88. The molecule has 0 atom stereocenters. The van der Waals surface area contributed by atoms with Gasteiger partial charge in [0.1, 0.15) is 6.54 Å². The van der Waals surface area contributed by atoms with Crippen molar-refractivity contribution in [2.75, 3.05) is 13.2 Å². The van der Waals surface area contributed by atoms with Crippen LogP contribution < -0.4 is 5.32 Å². The molecule has 0 aliphatic carbocycles. The third kappa shape index (κ3) is 3.73. The molecule has 1 aromatic carbocycles. The van der Waals surface area contributed by atoms with Crippen LogP contribution in [-0.4, -0.2) is 25.0 Å². The van der Waals surface area contributed by atoms with E-state index in [1.54, 1.807) is 6.92 Å². The molecule has 0 heterocycles. The number of hydrogen-bond donors (Lipinski definition) is 1. The van der Waals surface area contributed by atoms with Crippen molar-refractivity contribution in [1.82, 2.24) is 5.32 Å². The van der Waals surface area contributed by atoms with Crippen molar-refractivity contribution in [1.29, 1.82) is 0 Å². The Balaban J connectivity index is 3.29. The molecule has 1 N–H and O–H groups in total. The highest BCUT2D eigenvalue weighted by molar-refractivity contribution is 5.96. The van der Waals surface area contributed by atoms with Crippen LogP contribution in [0.2, 0.25) is 0 Å². The van der Waals surface area contributed by atoms with Crippen LogP contribution in [-0.2, 0) is 9.53 Å². The van der Waals surface area contributed by atoms with Gasteiger partial charge in [0, 0.05) is 9.68 Å². The highest BCUT2D eigenvalue weighted by Crippen LogP contribution is 2.03. The van der Waals surface area contributed by atoms with Gasteiger partial charge in [0.15, 0.2) is 0 Å². The van der Waals surface area contributed by atoms with Gasteiger partial charge in [-0.05, 0) is 25.9 Å². The summed E-state index contributed by atoms with van der Waals surface area (Å²) in [4.78, 5) is 23.3. The smallest absolute Gasteiger partial charge is 0.325 e. The number of rotatable bonds is 4. The molecule has 0 fully saturated rings. The van der Waals surface area contributed by atoms with E-state index in [0.717, 1.165) is 0 Å². The van der Waals surface area contributed by atoms with Crippen molar-refractivity contribution < 1.29 is 23.9 Å². The van der Waals surface area contributed by atoms with Crippen LogP contribution in [0.15, 0.2) is 24.2 Å². The molecular formula is C12H15NO3. The molecule has 0 saturated heterocycles. The fraction of sp³-hybridized carbons (Fsp3) is 0.333. The Labute approximate surface area is 104 Å². The van der Waals surface area contributed by atoms with E-state index in [-0.39, 0.29) is 6.61 Å². The van der Waals surface area contributed by atoms with Crippen molar-refractivity contribution in [2.24, 2.45) is 0 Å². The minimum Gasteiger partial charge on any atom is -0.465 e. The molecule has 86 valence electrons. The van der Waals surface area contributed by atoms with Crippen molar-refractivity contribution in [3.8, 4) is 0 Å². The number of carbonyl (C=O) groups excluding carboxylic acids is 2. The molecule has 16 heavy (non-hydrogen) atoms. The first kappa shape index (κ1) is 5.48. The molecule has 1 aromatic rings. The maximum absolute atomic E-state index is 12.1. The lowest BCUT2D eigenvalue weighted by atomic mass is 10.1. The van der Waals surface area contributed by atoms with Gasteiger partial charge in [-0.3, -0.25) is 9.59 Å². The fourth-order valence-corrected chi connectivity index (χ4v) is 0.910. The SMILES string of the molecule is [2H]c1c([2H])c(C(=O)NCC(=O)OCC)c([2H])c(C([2H])([2H])[2H])c1[2H]. The molecule has 0 saturated carbocycles. The van der Waals surface area contributed by atoms with E-state index in [9.17, 15) is 9.59 Å². The van der Waals surface area contributed by atoms with Crippen molar-refractivity contribution in [3.63, 3.8) is 0 Å². The van der Waals surface area contributed by atoms with Crippen molar-refractivity contribution in [3.05, 3.63) is 35.3 Å². The van der Waals surface area contributed by atoms with Gasteiger partial charge in [-0.1, -0.05) is 17.6 Å². The molecule has 0 unspecified atom stereocenters. The first-order chi connectivity index (χ1) is 10.5. The second kappa shape index (κ2) is 5.90. The number of esters is 1. The minimum absolute atomic E-state index is 0.107. The monoisotopic (exact) mass is 228 g/mol. The predicted octanol–water partition coefficient (Wildman–Crippen LogP) is 1.29. The molecule has 0 bridgehead atoms. The molecule has 4 nitrogen and oxygen atoms in total. The van der Waals surface area contributed by atoms with E-state index >= 15 is 0 Å². The van der Waals surface area contributed by atoms with Crippen LogP contribution in [0.1, 0.15) is 32.4 Å². The molecule has 0 aliphatic rings. The van der Waals surface area contributed by atoms with E-state index in [1.807, 2.05) is 0 Å². The van der Waals surface area contributed by atoms with Gasteiger partial charge in [0.05, 0.1) is 12.1 Å². The lowest BCUT2D eigenvalue weighted by molar-refractivity contribution is -0.141. The lowest BCUT2D eigenvalue weighted by Crippen LogP contribution is -2.30. The van der Waals surface area contributed by atoms with Crippen LogP contribution >= 0.6 is 0 Å². The molecular weight excluding hydrogens is 206 g/mol. The van der Waals surface area contributed by atoms with Crippen LogP contribution in [0, 0.1) is 6.85 Å². The molecule has 4 heteroatoms. The Bertz CT molecular complexity index is 643. The Kier molecular flexibility index (Phi) is 2.02. The zero-order chi connectivity index (χ0) is 17.9. The molecule has 0 aliphatic heterocycles. The standard InChI is InChI=1S/C12H15NO3/c1-3-16-11(14)8-13-12(15)10-6-4-5-9(2)7-10/h4-7H,3,8H2,1-2H3,(H,13,15)/i2D3,4D,5D,6D,7D. The first-order valence-electron chi connectivity index (χ1n) is 8.07. The van der Waals surface area contributed by atoms with E-state index in [4.69, 9.17) is 9.60 Å². The van der Waals surface area contributed by atoms with Gasteiger partial charge in [-0.25, -0.2) is 0 Å². The summed E-state index contributed by atoms with van der Waals surface area (Å²) in [5.41, 5.74) is -1.44. The molecule has 1 rings (SSSR count). The van der Waals surface area contributed by atoms with Gasteiger partial charge in [0.25, 0.3) is 5.91 Å². The van der Waals surface area contributed by atoms with Gasteiger partial charge < -0.3 is 10.1 Å². The maximum atomic E-state index is 12.1. The summed E-state index contributed by atoms with van der Waals surface area (Å²) in [6.07, 6.45) is 0. The summed E-state index contributed by atoms with van der Waals surface area (Å²) in [6.45, 7) is -1.72. The fourth-order valence-electron chi connectivity index (χ4n) is 0.910. The normalized spacial score (nSPS) is 16.7. The van der Waals surface area contributed by atoms with Crippen LogP contribution in [0.4, 0.5) is 0 Å².